The lowest BCUT2D eigenvalue weighted by molar-refractivity contribution is -0.0635. The van der Waals surface area contributed by atoms with Gasteiger partial charge >= 0.3 is 0 Å². The molecule has 1 fully saturated rings. The maximum atomic E-state index is 12.9. The summed E-state index contributed by atoms with van der Waals surface area (Å²) in [6, 6.07) is 4.48. The molecule has 1 N–H and O–H groups in total. The molecule has 0 aromatic heterocycles. The van der Waals surface area contributed by atoms with E-state index in [4.69, 9.17) is 4.74 Å². The number of halogens is 1. The molecule has 1 heterocycles. The molecular formula is C13H17FO2. The lowest BCUT2D eigenvalue weighted by Gasteiger charge is -2.28. The van der Waals surface area contributed by atoms with Crippen molar-refractivity contribution in [1.29, 1.82) is 0 Å². The lowest BCUT2D eigenvalue weighted by atomic mass is 9.95. The van der Waals surface area contributed by atoms with Crippen LogP contribution in [0.5, 0.6) is 0 Å². The van der Waals surface area contributed by atoms with Crippen molar-refractivity contribution in [2.45, 2.75) is 38.4 Å². The molecule has 0 amide bonds. The third kappa shape index (κ3) is 2.42. The van der Waals surface area contributed by atoms with Crippen molar-refractivity contribution in [2.24, 2.45) is 0 Å². The Bertz CT molecular complexity index is 359. The normalized spacial score (nSPS) is 23.1. The van der Waals surface area contributed by atoms with Crippen molar-refractivity contribution in [1.82, 2.24) is 0 Å². The van der Waals surface area contributed by atoms with E-state index in [-0.39, 0.29) is 11.9 Å². The fraction of sp³-hybridized carbons (Fsp3) is 0.538. The maximum Gasteiger partial charge on any atom is 0.123 e. The van der Waals surface area contributed by atoms with Crippen LogP contribution in [0.2, 0.25) is 0 Å². The molecule has 1 aliphatic rings. The number of aryl methyl sites for hydroxylation is 1. The van der Waals surface area contributed by atoms with Gasteiger partial charge in [-0.25, -0.2) is 4.39 Å². The molecule has 0 aliphatic carbocycles. The van der Waals surface area contributed by atoms with Crippen molar-refractivity contribution < 1.29 is 14.2 Å². The van der Waals surface area contributed by atoms with Gasteiger partial charge in [-0.15, -0.1) is 0 Å². The molecular weight excluding hydrogens is 207 g/mol. The average Bonchev–Trinajstić information content (AvgIpc) is 2.29. The van der Waals surface area contributed by atoms with Crippen LogP contribution in [0.4, 0.5) is 4.39 Å². The minimum atomic E-state index is -0.638. The highest BCUT2D eigenvalue weighted by molar-refractivity contribution is 5.29. The Morgan fingerprint density at radius 1 is 1.44 bits per heavy atom. The van der Waals surface area contributed by atoms with Crippen molar-refractivity contribution >= 4 is 0 Å². The third-order valence-electron chi connectivity index (χ3n) is 3.12. The summed E-state index contributed by atoms with van der Waals surface area (Å²) in [4.78, 5) is 0. The van der Waals surface area contributed by atoms with Gasteiger partial charge in [0.25, 0.3) is 0 Å². The SMILES string of the molecule is Cc1cc(F)ccc1C(O)C1CCCCO1. The minimum absolute atomic E-state index is 0.141. The molecule has 16 heavy (non-hydrogen) atoms. The lowest BCUT2D eigenvalue weighted by Crippen LogP contribution is -2.26. The van der Waals surface area contributed by atoms with Gasteiger partial charge in [0.1, 0.15) is 11.9 Å². The summed E-state index contributed by atoms with van der Waals surface area (Å²) < 4.78 is 18.5. The average molecular weight is 224 g/mol. The molecule has 0 saturated carbocycles. The highest BCUT2D eigenvalue weighted by atomic mass is 19.1. The first-order chi connectivity index (χ1) is 7.68. The molecule has 1 saturated heterocycles. The first kappa shape index (κ1) is 11.6. The van der Waals surface area contributed by atoms with Crippen LogP contribution in [-0.4, -0.2) is 17.8 Å². The van der Waals surface area contributed by atoms with Gasteiger partial charge in [-0.1, -0.05) is 6.07 Å². The first-order valence-corrected chi connectivity index (χ1v) is 5.74. The number of benzene rings is 1. The predicted octanol–water partition coefficient (Wildman–Crippen LogP) is 2.74. The van der Waals surface area contributed by atoms with Crippen LogP contribution in [0, 0.1) is 12.7 Å². The van der Waals surface area contributed by atoms with Crippen molar-refractivity contribution in [3.63, 3.8) is 0 Å². The van der Waals surface area contributed by atoms with E-state index in [9.17, 15) is 9.50 Å². The minimum Gasteiger partial charge on any atom is -0.386 e. The molecule has 1 aliphatic heterocycles. The highest BCUT2D eigenvalue weighted by Gasteiger charge is 2.24. The van der Waals surface area contributed by atoms with E-state index in [1.807, 2.05) is 6.92 Å². The van der Waals surface area contributed by atoms with Gasteiger partial charge in [0.2, 0.25) is 0 Å². The quantitative estimate of drug-likeness (QED) is 0.837. The second-order valence-electron chi connectivity index (χ2n) is 4.35. The Balaban J connectivity index is 2.15. The zero-order valence-corrected chi connectivity index (χ0v) is 9.45. The molecule has 1 aromatic carbocycles. The van der Waals surface area contributed by atoms with Gasteiger partial charge in [0.15, 0.2) is 0 Å². The standard InChI is InChI=1S/C13H17FO2/c1-9-8-10(14)5-6-11(9)13(15)12-4-2-3-7-16-12/h5-6,8,12-13,15H,2-4,7H2,1H3. The van der Waals surface area contributed by atoms with E-state index in [1.54, 1.807) is 6.07 Å². The summed E-state index contributed by atoms with van der Waals surface area (Å²) in [7, 11) is 0. The summed E-state index contributed by atoms with van der Waals surface area (Å²) in [6.07, 6.45) is 2.24. The Morgan fingerprint density at radius 2 is 2.25 bits per heavy atom. The van der Waals surface area contributed by atoms with Crippen LogP contribution in [0.1, 0.15) is 36.5 Å². The summed E-state index contributed by atoms with van der Waals surface area (Å²) in [5, 5.41) is 10.2. The molecule has 2 unspecified atom stereocenters. The molecule has 0 bridgehead atoms. The monoisotopic (exact) mass is 224 g/mol. The van der Waals surface area contributed by atoms with E-state index in [2.05, 4.69) is 0 Å². The van der Waals surface area contributed by atoms with E-state index in [0.717, 1.165) is 30.4 Å². The van der Waals surface area contributed by atoms with Crippen LogP contribution in [0.15, 0.2) is 18.2 Å². The fourth-order valence-corrected chi connectivity index (χ4v) is 2.19. The van der Waals surface area contributed by atoms with Crippen molar-refractivity contribution in [3.05, 3.63) is 35.1 Å². The number of ether oxygens (including phenoxy) is 1. The second kappa shape index (κ2) is 4.93. The van der Waals surface area contributed by atoms with Crippen LogP contribution in [0.25, 0.3) is 0 Å². The molecule has 2 atom stereocenters. The van der Waals surface area contributed by atoms with Gasteiger partial charge in [-0.3, -0.25) is 0 Å². The molecule has 88 valence electrons. The summed E-state index contributed by atoms with van der Waals surface area (Å²) in [6.45, 7) is 2.52. The smallest absolute Gasteiger partial charge is 0.123 e. The van der Waals surface area contributed by atoms with E-state index in [1.165, 1.54) is 12.1 Å². The maximum absolute atomic E-state index is 12.9. The van der Waals surface area contributed by atoms with Gasteiger partial charge < -0.3 is 9.84 Å². The van der Waals surface area contributed by atoms with Crippen LogP contribution >= 0.6 is 0 Å². The summed E-state index contributed by atoms with van der Waals surface area (Å²) >= 11 is 0. The zero-order valence-electron chi connectivity index (χ0n) is 9.45. The van der Waals surface area contributed by atoms with Crippen molar-refractivity contribution in [2.75, 3.05) is 6.61 Å². The molecule has 0 spiro atoms. The summed E-state index contributed by atoms with van der Waals surface area (Å²) in [5.74, 6) is -0.266. The van der Waals surface area contributed by atoms with E-state index < -0.39 is 6.10 Å². The number of hydrogen-bond donors (Lipinski definition) is 1. The fourth-order valence-electron chi connectivity index (χ4n) is 2.19. The topological polar surface area (TPSA) is 29.5 Å². The van der Waals surface area contributed by atoms with Crippen LogP contribution in [0.3, 0.4) is 0 Å². The predicted molar refractivity (Wildman–Crippen MR) is 59.7 cm³/mol. The first-order valence-electron chi connectivity index (χ1n) is 5.74. The highest BCUT2D eigenvalue weighted by Crippen LogP contribution is 2.28. The third-order valence-corrected chi connectivity index (χ3v) is 3.12. The molecule has 2 rings (SSSR count). The molecule has 0 radical (unpaired) electrons. The number of rotatable bonds is 2. The van der Waals surface area contributed by atoms with E-state index >= 15 is 0 Å². The van der Waals surface area contributed by atoms with Gasteiger partial charge in [0, 0.05) is 6.61 Å². The summed E-state index contributed by atoms with van der Waals surface area (Å²) in [5.41, 5.74) is 1.55. The van der Waals surface area contributed by atoms with Gasteiger partial charge in [-0.05, 0) is 49.4 Å². The number of aliphatic hydroxyl groups is 1. The van der Waals surface area contributed by atoms with E-state index in [0.29, 0.717) is 6.61 Å². The van der Waals surface area contributed by atoms with Crippen LogP contribution in [-0.2, 0) is 4.74 Å². The molecule has 1 aromatic rings. The Morgan fingerprint density at radius 3 is 2.88 bits per heavy atom. The number of aliphatic hydroxyl groups excluding tert-OH is 1. The van der Waals surface area contributed by atoms with Gasteiger partial charge in [0.05, 0.1) is 6.10 Å². The molecule has 3 heteroatoms. The van der Waals surface area contributed by atoms with Crippen molar-refractivity contribution in [3.8, 4) is 0 Å². The Kier molecular flexibility index (Phi) is 3.56. The molecule has 2 nitrogen and oxygen atoms in total. The Labute approximate surface area is 95.1 Å². The number of hydrogen-bond acceptors (Lipinski definition) is 2. The van der Waals surface area contributed by atoms with Gasteiger partial charge in [-0.2, -0.15) is 0 Å². The largest absolute Gasteiger partial charge is 0.386 e. The zero-order chi connectivity index (χ0) is 11.5. The second-order valence-corrected chi connectivity index (χ2v) is 4.35. The Hall–Kier alpha value is -0.930. The van der Waals surface area contributed by atoms with Crippen LogP contribution < -0.4 is 0 Å².